The van der Waals surface area contributed by atoms with Crippen molar-refractivity contribution in [3.8, 4) is 17.6 Å². The molecule has 0 aliphatic rings. The molecule has 0 fully saturated rings. The highest BCUT2D eigenvalue weighted by molar-refractivity contribution is 6.18. The summed E-state index contributed by atoms with van der Waals surface area (Å²) in [5.74, 6) is 5.93. The molecule has 0 unspecified atom stereocenters. The van der Waals surface area contributed by atoms with Gasteiger partial charge in [0.05, 0.1) is 6.20 Å². The second-order valence-corrected chi connectivity index (χ2v) is 3.43. The van der Waals surface area contributed by atoms with Crippen LogP contribution in [0.15, 0.2) is 18.5 Å². The second-order valence-electron chi connectivity index (χ2n) is 3.05. The van der Waals surface area contributed by atoms with Crippen LogP contribution in [0.1, 0.15) is 12.0 Å². The van der Waals surface area contributed by atoms with Crippen LogP contribution < -0.4 is 4.74 Å². The maximum absolute atomic E-state index is 11.9. The van der Waals surface area contributed by atoms with Gasteiger partial charge in [-0.3, -0.25) is 4.98 Å². The Morgan fingerprint density at radius 2 is 2.12 bits per heavy atom. The third kappa shape index (κ3) is 6.03. The molecule has 17 heavy (non-hydrogen) atoms. The first-order valence-corrected chi connectivity index (χ1v) is 5.24. The molecule has 0 aromatic carbocycles. The predicted octanol–water partition coefficient (Wildman–Crippen LogP) is 3.00. The molecule has 0 bridgehead atoms. The van der Waals surface area contributed by atoms with E-state index in [0.717, 1.165) is 0 Å². The van der Waals surface area contributed by atoms with Gasteiger partial charge in [-0.05, 0) is 6.07 Å². The van der Waals surface area contributed by atoms with Gasteiger partial charge in [-0.15, -0.1) is 11.6 Å². The van der Waals surface area contributed by atoms with Gasteiger partial charge in [0, 0.05) is 24.1 Å². The molecule has 0 amide bonds. The van der Waals surface area contributed by atoms with Gasteiger partial charge in [0.1, 0.15) is 5.75 Å². The Morgan fingerprint density at radius 3 is 2.76 bits per heavy atom. The van der Waals surface area contributed by atoms with Gasteiger partial charge in [0.2, 0.25) is 0 Å². The van der Waals surface area contributed by atoms with E-state index in [-0.39, 0.29) is 5.75 Å². The number of halogens is 4. The molecular weight excluding hydrogens is 255 g/mol. The lowest BCUT2D eigenvalue weighted by Crippen LogP contribution is -2.19. The van der Waals surface area contributed by atoms with Crippen LogP contribution in [-0.2, 0) is 0 Å². The van der Waals surface area contributed by atoms with Crippen molar-refractivity contribution in [1.82, 2.24) is 4.98 Å². The number of alkyl halides is 4. The molecule has 0 atom stereocenters. The molecule has 0 saturated carbocycles. The molecular formula is C11H9ClF3NO. The highest BCUT2D eigenvalue weighted by atomic mass is 35.5. The smallest absolute Gasteiger partial charge is 0.422 e. The Labute approximate surface area is 102 Å². The monoisotopic (exact) mass is 263 g/mol. The Bertz CT molecular complexity index is 423. The van der Waals surface area contributed by atoms with Crippen LogP contribution in [-0.4, -0.2) is 23.6 Å². The first kappa shape index (κ1) is 13.7. The first-order valence-electron chi connectivity index (χ1n) is 4.71. The van der Waals surface area contributed by atoms with E-state index < -0.39 is 12.8 Å². The highest BCUT2D eigenvalue weighted by Crippen LogP contribution is 2.18. The summed E-state index contributed by atoms with van der Waals surface area (Å²) >= 11 is 5.43. The fourth-order valence-electron chi connectivity index (χ4n) is 0.943. The number of ether oxygens (including phenoxy) is 1. The van der Waals surface area contributed by atoms with E-state index in [1.165, 1.54) is 18.5 Å². The van der Waals surface area contributed by atoms with Gasteiger partial charge in [0.25, 0.3) is 0 Å². The van der Waals surface area contributed by atoms with Crippen LogP contribution in [0.25, 0.3) is 0 Å². The lowest BCUT2D eigenvalue weighted by Gasteiger charge is -2.08. The molecule has 0 aliphatic carbocycles. The summed E-state index contributed by atoms with van der Waals surface area (Å²) in [6.45, 7) is -1.34. The minimum absolute atomic E-state index is 0.0417. The highest BCUT2D eigenvalue weighted by Gasteiger charge is 2.28. The molecule has 0 N–H and O–H groups in total. The molecule has 0 spiro atoms. The van der Waals surface area contributed by atoms with E-state index in [0.29, 0.717) is 17.9 Å². The van der Waals surface area contributed by atoms with Crippen LogP contribution in [0, 0.1) is 11.8 Å². The van der Waals surface area contributed by atoms with Gasteiger partial charge in [-0.1, -0.05) is 11.8 Å². The third-order valence-corrected chi connectivity index (χ3v) is 1.76. The zero-order valence-electron chi connectivity index (χ0n) is 8.72. The van der Waals surface area contributed by atoms with E-state index in [1.807, 2.05) is 0 Å². The van der Waals surface area contributed by atoms with Crippen molar-refractivity contribution in [2.75, 3.05) is 12.5 Å². The van der Waals surface area contributed by atoms with Crippen LogP contribution in [0.3, 0.4) is 0 Å². The maximum atomic E-state index is 11.9. The average molecular weight is 264 g/mol. The van der Waals surface area contributed by atoms with Gasteiger partial charge in [0.15, 0.2) is 6.61 Å². The quantitative estimate of drug-likeness (QED) is 0.618. The molecule has 0 aliphatic heterocycles. The molecule has 1 aromatic rings. The lowest BCUT2D eigenvalue weighted by molar-refractivity contribution is -0.153. The number of rotatable bonds is 3. The largest absolute Gasteiger partial charge is 0.482 e. The van der Waals surface area contributed by atoms with Crippen LogP contribution in [0.4, 0.5) is 13.2 Å². The average Bonchev–Trinajstić information content (AvgIpc) is 2.27. The topological polar surface area (TPSA) is 22.1 Å². The Morgan fingerprint density at radius 1 is 1.35 bits per heavy atom. The number of aromatic nitrogens is 1. The fraction of sp³-hybridized carbons (Fsp3) is 0.364. The SMILES string of the molecule is FC(F)(F)COc1cncc(C#CCCCl)c1. The summed E-state index contributed by atoms with van der Waals surface area (Å²) in [7, 11) is 0. The number of nitrogens with zero attached hydrogens (tertiary/aromatic N) is 1. The Balaban J connectivity index is 2.64. The van der Waals surface area contributed by atoms with Crippen LogP contribution >= 0.6 is 11.6 Å². The standard InChI is InChI=1S/C11H9ClF3NO/c12-4-2-1-3-9-5-10(7-16-6-9)17-8-11(13,14)15/h5-7H,2,4,8H2. The van der Waals surface area contributed by atoms with E-state index >= 15 is 0 Å². The fourth-order valence-corrected chi connectivity index (χ4v) is 1.04. The summed E-state index contributed by atoms with van der Waals surface area (Å²) in [6, 6.07) is 1.40. The van der Waals surface area contributed by atoms with E-state index in [1.54, 1.807) is 0 Å². The van der Waals surface area contributed by atoms with Gasteiger partial charge >= 0.3 is 6.18 Å². The lowest BCUT2D eigenvalue weighted by atomic mass is 10.3. The van der Waals surface area contributed by atoms with Crippen molar-refractivity contribution in [2.45, 2.75) is 12.6 Å². The Kier molecular flexibility index (Phi) is 5.11. The third-order valence-electron chi connectivity index (χ3n) is 1.57. The number of hydrogen-bond acceptors (Lipinski definition) is 2. The minimum atomic E-state index is -4.36. The molecule has 1 aromatic heterocycles. The van der Waals surface area contributed by atoms with Gasteiger partial charge in [-0.2, -0.15) is 13.2 Å². The molecule has 0 saturated heterocycles. The van der Waals surface area contributed by atoms with Crippen molar-refractivity contribution in [1.29, 1.82) is 0 Å². The summed E-state index contributed by atoms with van der Waals surface area (Å²) in [6.07, 6.45) is -1.20. The van der Waals surface area contributed by atoms with Crippen molar-refractivity contribution in [3.05, 3.63) is 24.0 Å². The zero-order chi connectivity index (χ0) is 12.7. The zero-order valence-corrected chi connectivity index (χ0v) is 9.48. The molecule has 2 nitrogen and oxygen atoms in total. The van der Waals surface area contributed by atoms with Gasteiger partial charge < -0.3 is 4.74 Å². The second kappa shape index (κ2) is 6.36. The molecule has 6 heteroatoms. The maximum Gasteiger partial charge on any atom is 0.422 e. The normalized spacial score (nSPS) is 10.6. The Hall–Kier alpha value is -1.41. The summed E-state index contributed by atoms with van der Waals surface area (Å²) in [5, 5.41) is 0. The number of hydrogen-bond donors (Lipinski definition) is 0. The van der Waals surface area contributed by atoms with Crippen molar-refractivity contribution in [2.24, 2.45) is 0 Å². The predicted molar refractivity (Wildman–Crippen MR) is 58.0 cm³/mol. The molecule has 1 heterocycles. The van der Waals surface area contributed by atoms with Crippen molar-refractivity contribution < 1.29 is 17.9 Å². The molecule has 1 rings (SSSR count). The van der Waals surface area contributed by atoms with E-state index in [4.69, 9.17) is 11.6 Å². The molecule has 92 valence electrons. The minimum Gasteiger partial charge on any atom is -0.482 e. The first-order chi connectivity index (χ1) is 8.01. The summed E-state index contributed by atoms with van der Waals surface area (Å²) in [5.41, 5.74) is 0.495. The summed E-state index contributed by atoms with van der Waals surface area (Å²) in [4.78, 5) is 3.74. The van der Waals surface area contributed by atoms with Crippen LogP contribution in [0.5, 0.6) is 5.75 Å². The van der Waals surface area contributed by atoms with Crippen molar-refractivity contribution in [3.63, 3.8) is 0 Å². The molecule has 0 radical (unpaired) electrons. The van der Waals surface area contributed by atoms with E-state index in [9.17, 15) is 13.2 Å². The van der Waals surface area contributed by atoms with Gasteiger partial charge in [-0.25, -0.2) is 0 Å². The van der Waals surface area contributed by atoms with Crippen molar-refractivity contribution >= 4 is 11.6 Å². The van der Waals surface area contributed by atoms with Crippen LogP contribution in [0.2, 0.25) is 0 Å². The number of pyridine rings is 1. The van der Waals surface area contributed by atoms with E-state index in [2.05, 4.69) is 21.6 Å². The summed E-state index contributed by atoms with van der Waals surface area (Å²) < 4.78 is 40.2.